The Kier molecular flexibility index (Phi) is 7.62. The molecule has 1 saturated heterocycles. The summed E-state index contributed by atoms with van der Waals surface area (Å²) < 4.78 is 49.3. The van der Waals surface area contributed by atoms with E-state index in [1.54, 1.807) is 17.8 Å². The number of ether oxygens (including phenoxy) is 1. The van der Waals surface area contributed by atoms with Gasteiger partial charge in [0, 0.05) is 37.7 Å². The SMILES string of the molecule is C.CNC(=O)C1CCC(Nc2ncc3nc(Nc4c(F)cc(F)cc4F)n([C@H]4CCOC4)c3n2)CC1. The van der Waals surface area contributed by atoms with Crippen LogP contribution in [0.3, 0.4) is 0 Å². The standard InChI is InChI=1S/C23H26F3N7O2.CH4/c1-27-21(34)12-2-4-14(5-3-12)29-22-28-10-18-20(32-22)33(15-6-7-35-11-15)23(30-18)31-19-16(25)8-13(24)9-17(19)26;/h8-10,12,14-15H,2-7,11H2,1H3,(H,27,34)(H,30,31)(H,28,29,32);1H4/t12?,14?,15-;/m0./s1. The Morgan fingerprint density at radius 2 is 1.81 bits per heavy atom. The predicted molar refractivity (Wildman–Crippen MR) is 130 cm³/mol. The van der Waals surface area contributed by atoms with Crippen LogP contribution in [0.5, 0.6) is 0 Å². The van der Waals surface area contributed by atoms with Crippen molar-refractivity contribution in [2.24, 2.45) is 5.92 Å². The fraction of sp³-hybridized carbons (Fsp3) is 0.500. The third-order valence-corrected chi connectivity index (χ3v) is 6.62. The smallest absolute Gasteiger partial charge is 0.224 e. The number of amides is 1. The molecule has 36 heavy (non-hydrogen) atoms. The minimum Gasteiger partial charge on any atom is -0.379 e. The quantitative estimate of drug-likeness (QED) is 0.459. The van der Waals surface area contributed by atoms with Gasteiger partial charge in [-0.3, -0.25) is 9.36 Å². The Bertz CT molecular complexity index is 1210. The third kappa shape index (κ3) is 5.08. The average Bonchev–Trinajstić information content (AvgIpc) is 3.48. The van der Waals surface area contributed by atoms with Gasteiger partial charge in [-0.1, -0.05) is 7.43 Å². The van der Waals surface area contributed by atoms with Crippen molar-refractivity contribution in [2.45, 2.75) is 51.6 Å². The number of halogens is 3. The zero-order chi connectivity index (χ0) is 24.5. The molecule has 1 amide bonds. The lowest BCUT2D eigenvalue weighted by molar-refractivity contribution is -0.125. The fourth-order valence-corrected chi connectivity index (χ4v) is 4.78. The molecule has 1 aliphatic heterocycles. The minimum atomic E-state index is -1.07. The number of fused-ring (bicyclic) bond motifs is 1. The van der Waals surface area contributed by atoms with Gasteiger partial charge in [0.2, 0.25) is 17.8 Å². The lowest BCUT2D eigenvalue weighted by Gasteiger charge is -2.28. The number of benzene rings is 1. The molecule has 1 saturated carbocycles. The Morgan fingerprint density at radius 3 is 2.44 bits per heavy atom. The van der Waals surface area contributed by atoms with Gasteiger partial charge in [-0.2, -0.15) is 4.98 Å². The highest BCUT2D eigenvalue weighted by Gasteiger charge is 2.28. The Hall–Kier alpha value is -3.41. The van der Waals surface area contributed by atoms with Gasteiger partial charge in [-0.05, 0) is 32.1 Å². The first kappa shape index (κ1) is 25.7. The number of hydrogen-bond donors (Lipinski definition) is 3. The van der Waals surface area contributed by atoms with E-state index in [1.807, 2.05) is 0 Å². The van der Waals surface area contributed by atoms with Crippen LogP contribution in [0.25, 0.3) is 11.2 Å². The maximum atomic E-state index is 14.3. The van der Waals surface area contributed by atoms with Crippen LogP contribution < -0.4 is 16.0 Å². The van der Waals surface area contributed by atoms with Crippen molar-refractivity contribution in [3.8, 4) is 0 Å². The van der Waals surface area contributed by atoms with E-state index in [-0.39, 0.29) is 37.3 Å². The Labute approximate surface area is 206 Å². The first-order chi connectivity index (χ1) is 16.9. The van der Waals surface area contributed by atoms with E-state index >= 15 is 0 Å². The van der Waals surface area contributed by atoms with Gasteiger partial charge in [0.05, 0.1) is 18.8 Å². The minimum absolute atomic E-state index is 0. The summed E-state index contributed by atoms with van der Waals surface area (Å²) in [7, 11) is 1.65. The van der Waals surface area contributed by atoms with Crippen molar-refractivity contribution in [2.75, 3.05) is 30.9 Å². The molecule has 1 aliphatic carbocycles. The Balaban J connectivity index is 0.00000304. The summed E-state index contributed by atoms with van der Waals surface area (Å²) in [5, 5.41) is 8.73. The van der Waals surface area contributed by atoms with Crippen molar-refractivity contribution < 1.29 is 22.7 Å². The van der Waals surface area contributed by atoms with Crippen molar-refractivity contribution >= 4 is 34.7 Å². The van der Waals surface area contributed by atoms with Gasteiger partial charge in [-0.25, -0.2) is 23.1 Å². The van der Waals surface area contributed by atoms with Gasteiger partial charge in [0.25, 0.3) is 0 Å². The molecule has 2 aromatic heterocycles. The molecule has 0 spiro atoms. The topological polar surface area (TPSA) is 106 Å². The number of carbonyl (C=O) groups is 1. The van der Waals surface area contributed by atoms with Crippen molar-refractivity contribution in [1.82, 2.24) is 24.8 Å². The highest BCUT2D eigenvalue weighted by Crippen LogP contribution is 2.32. The molecular weight excluding hydrogens is 475 g/mol. The maximum absolute atomic E-state index is 14.3. The summed E-state index contributed by atoms with van der Waals surface area (Å²) >= 11 is 0. The van der Waals surface area contributed by atoms with Crippen LogP contribution in [0.2, 0.25) is 0 Å². The number of anilines is 3. The number of nitrogens with one attached hydrogen (secondary N) is 3. The average molecular weight is 506 g/mol. The molecule has 3 N–H and O–H groups in total. The van der Waals surface area contributed by atoms with Gasteiger partial charge in [0.15, 0.2) is 17.3 Å². The van der Waals surface area contributed by atoms with E-state index in [9.17, 15) is 18.0 Å². The maximum Gasteiger partial charge on any atom is 0.224 e. The van der Waals surface area contributed by atoms with E-state index in [2.05, 4.69) is 30.9 Å². The summed E-state index contributed by atoms with van der Waals surface area (Å²) in [6, 6.07) is 1.19. The van der Waals surface area contributed by atoms with Gasteiger partial charge >= 0.3 is 0 Å². The molecule has 1 aromatic carbocycles. The van der Waals surface area contributed by atoms with E-state index in [0.717, 1.165) is 25.7 Å². The first-order valence-electron chi connectivity index (χ1n) is 11.7. The molecule has 3 aromatic rings. The van der Waals surface area contributed by atoms with Crippen LogP contribution in [-0.2, 0) is 9.53 Å². The third-order valence-electron chi connectivity index (χ3n) is 6.62. The van der Waals surface area contributed by atoms with E-state index < -0.39 is 23.1 Å². The largest absolute Gasteiger partial charge is 0.379 e. The summed E-state index contributed by atoms with van der Waals surface area (Å²) in [5.74, 6) is -2.48. The molecule has 9 nitrogen and oxygen atoms in total. The van der Waals surface area contributed by atoms with Crippen molar-refractivity contribution in [3.05, 3.63) is 35.8 Å². The summed E-state index contributed by atoms with van der Waals surface area (Å²) in [6.07, 6.45) is 5.40. The molecular formula is C24H30F3N7O2. The molecule has 12 heteroatoms. The van der Waals surface area contributed by atoms with E-state index in [0.29, 0.717) is 48.9 Å². The lowest BCUT2D eigenvalue weighted by atomic mass is 9.85. The van der Waals surface area contributed by atoms with Crippen molar-refractivity contribution in [1.29, 1.82) is 0 Å². The van der Waals surface area contributed by atoms with Crippen LogP contribution in [0.4, 0.5) is 30.8 Å². The molecule has 0 bridgehead atoms. The highest BCUT2D eigenvalue weighted by molar-refractivity contribution is 5.78. The van der Waals surface area contributed by atoms with Gasteiger partial charge in [-0.15, -0.1) is 0 Å². The molecule has 2 aliphatic rings. The molecule has 0 radical (unpaired) electrons. The van der Waals surface area contributed by atoms with Crippen LogP contribution in [0.1, 0.15) is 45.6 Å². The first-order valence-corrected chi connectivity index (χ1v) is 11.7. The number of hydrogen-bond acceptors (Lipinski definition) is 7. The zero-order valence-electron chi connectivity index (χ0n) is 19.2. The lowest BCUT2D eigenvalue weighted by Crippen LogP contribution is -2.34. The van der Waals surface area contributed by atoms with Crippen LogP contribution in [0, 0.1) is 23.4 Å². The summed E-state index contributed by atoms with van der Waals surface area (Å²) in [4.78, 5) is 25.4. The number of aromatic nitrogens is 4. The number of rotatable bonds is 6. The predicted octanol–water partition coefficient (Wildman–Crippen LogP) is 4.30. The van der Waals surface area contributed by atoms with E-state index in [4.69, 9.17) is 4.74 Å². The van der Waals surface area contributed by atoms with Crippen LogP contribution in [-0.4, -0.2) is 51.7 Å². The van der Waals surface area contributed by atoms with Crippen LogP contribution >= 0.6 is 0 Å². The van der Waals surface area contributed by atoms with Crippen molar-refractivity contribution in [3.63, 3.8) is 0 Å². The van der Waals surface area contributed by atoms with E-state index in [1.165, 1.54) is 0 Å². The molecule has 5 rings (SSSR count). The van der Waals surface area contributed by atoms with Gasteiger partial charge < -0.3 is 20.7 Å². The summed E-state index contributed by atoms with van der Waals surface area (Å²) in [5.41, 5.74) is 0.430. The van der Waals surface area contributed by atoms with Crippen LogP contribution in [0.15, 0.2) is 18.3 Å². The summed E-state index contributed by atoms with van der Waals surface area (Å²) in [6.45, 7) is 0.929. The molecule has 2 fully saturated rings. The van der Waals surface area contributed by atoms with Gasteiger partial charge in [0.1, 0.15) is 17.0 Å². The molecule has 3 heterocycles. The number of carbonyl (C=O) groups excluding carboxylic acids is 1. The highest BCUT2D eigenvalue weighted by atomic mass is 19.1. The molecule has 1 atom stereocenters. The Morgan fingerprint density at radius 1 is 1.08 bits per heavy atom. The normalized spacial score (nSPS) is 21.7. The molecule has 194 valence electrons. The number of imidazole rings is 1. The fourth-order valence-electron chi connectivity index (χ4n) is 4.78. The monoisotopic (exact) mass is 505 g/mol. The second-order valence-corrected chi connectivity index (χ2v) is 8.90. The second-order valence-electron chi connectivity index (χ2n) is 8.90. The molecule has 0 unspecified atom stereocenters. The second kappa shape index (κ2) is 10.7. The number of nitrogens with zero attached hydrogens (tertiary/aromatic N) is 4. The zero-order valence-corrected chi connectivity index (χ0v) is 19.2.